The van der Waals surface area contributed by atoms with Crippen LogP contribution >= 0.6 is 0 Å². The van der Waals surface area contributed by atoms with Crippen molar-refractivity contribution in [3.63, 3.8) is 0 Å². The summed E-state index contributed by atoms with van der Waals surface area (Å²) in [4.78, 5) is 13.4. The van der Waals surface area contributed by atoms with Crippen molar-refractivity contribution in [1.82, 2.24) is 4.90 Å². The predicted molar refractivity (Wildman–Crippen MR) is 74.1 cm³/mol. The van der Waals surface area contributed by atoms with Gasteiger partial charge >= 0.3 is 12.3 Å². The molecule has 1 amide bonds. The molecule has 120 valence electrons. The van der Waals surface area contributed by atoms with E-state index in [4.69, 9.17) is 4.74 Å². The molecule has 6 heteroatoms. The highest BCUT2D eigenvalue weighted by molar-refractivity contribution is 5.71. The summed E-state index contributed by atoms with van der Waals surface area (Å²) in [6.45, 7) is 0.302. The number of carbonyl (C=O) groups excluding carboxylic acids is 1. The van der Waals surface area contributed by atoms with Gasteiger partial charge in [0, 0.05) is 6.54 Å². The molecule has 1 spiro atoms. The minimum atomic E-state index is -4.33. The van der Waals surface area contributed by atoms with Crippen LogP contribution in [-0.4, -0.2) is 29.3 Å². The molecule has 0 N–H and O–H groups in total. The molecule has 3 rings (SSSR count). The van der Waals surface area contributed by atoms with Gasteiger partial charge in [-0.05, 0) is 24.8 Å². The first-order valence-electron chi connectivity index (χ1n) is 7.49. The van der Waals surface area contributed by atoms with Crippen LogP contribution in [0.1, 0.15) is 31.2 Å². The Morgan fingerprint density at radius 2 is 1.95 bits per heavy atom. The maximum Gasteiger partial charge on any atom is 0.410 e. The second-order valence-corrected chi connectivity index (χ2v) is 6.11. The van der Waals surface area contributed by atoms with Crippen molar-refractivity contribution < 1.29 is 22.7 Å². The average Bonchev–Trinajstić information content (AvgIpc) is 2.75. The zero-order valence-corrected chi connectivity index (χ0v) is 12.1. The Labute approximate surface area is 127 Å². The topological polar surface area (TPSA) is 29.5 Å². The Bertz CT molecular complexity index is 546. The van der Waals surface area contributed by atoms with E-state index in [1.165, 1.54) is 4.90 Å². The largest absolute Gasteiger partial charge is 0.440 e. The molecule has 1 saturated carbocycles. The maximum atomic E-state index is 13.3. The third-order valence-electron chi connectivity index (χ3n) is 4.60. The van der Waals surface area contributed by atoms with Crippen LogP contribution in [0.3, 0.4) is 0 Å². The molecule has 2 fully saturated rings. The number of halogens is 3. The van der Waals surface area contributed by atoms with E-state index < -0.39 is 23.8 Å². The van der Waals surface area contributed by atoms with E-state index >= 15 is 0 Å². The highest BCUT2D eigenvalue weighted by Crippen LogP contribution is 2.48. The minimum Gasteiger partial charge on any atom is -0.440 e. The van der Waals surface area contributed by atoms with Crippen molar-refractivity contribution in [2.24, 2.45) is 5.92 Å². The molecular formula is C16H18F3NO2. The van der Waals surface area contributed by atoms with Gasteiger partial charge in [-0.25, -0.2) is 4.79 Å². The van der Waals surface area contributed by atoms with Crippen LogP contribution in [0.4, 0.5) is 18.0 Å². The molecule has 2 atom stereocenters. The SMILES string of the molecule is O=C1OC2(CCCCC2C(F)(F)F)CN1Cc1ccccc1. The number of nitrogens with zero attached hydrogens (tertiary/aromatic N) is 1. The summed E-state index contributed by atoms with van der Waals surface area (Å²) >= 11 is 0. The third-order valence-corrected chi connectivity index (χ3v) is 4.60. The summed E-state index contributed by atoms with van der Waals surface area (Å²) in [5, 5.41) is 0. The minimum absolute atomic E-state index is 0.0188. The Balaban J connectivity index is 1.80. The van der Waals surface area contributed by atoms with Crippen molar-refractivity contribution in [2.75, 3.05) is 6.54 Å². The summed E-state index contributed by atoms with van der Waals surface area (Å²) in [5.74, 6) is -1.56. The summed E-state index contributed by atoms with van der Waals surface area (Å²) in [6.07, 6.45) is -3.45. The number of hydrogen-bond acceptors (Lipinski definition) is 2. The van der Waals surface area contributed by atoms with E-state index in [0.717, 1.165) is 5.56 Å². The van der Waals surface area contributed by atoms with Crippen LogP contribution in [0.2, 0.25) is 0 Å². The molecule has 2 aliphatic rings. The highest BCUT2D eigenvalue weighted by Gasteiger charge is 2.60. The fourth-order valence-electron chi connectivity index (χ4n) is 3.57. The molecule has 0 aromatic heterocycles. The monoisotopic (exact) mass is 313 g/mol. The number of alkyl halides is 3. The van der Waals surface area contributed by atoms with Crippen LogP contribution < -0.4 is 0 Å². The van der Waals surface area contributed by atoms with Gasteiger partial charge in [-0.3, -0.25) is 4.90 Å². The maximum absolute atomic E-state index is 13.3. The second kappa shape index (κ2) is 5.48. The van der Waals surface area contributed by atoms with E-state index in [-0.39, 0.29) is 25.9 Å². The normalized spacial score (nSPS) is 29.0. The smallest absolute Gasteiger partial charge is 0.410 e. The fourth-order valence-corrected chi connectivity index (χ4v) is 3.57. The summed E-state index contributed by atoms with van der Waals surface area (Å²) < 4.78 is 45.2. The van der Waals surface area contributed by atoms with Crippen molar-refractivity contribution >= 4 is 6.09 Å². The average molecular weight is 313 g/mol. The Kier molecular flexibility index (Phi) is 3.78. The lowest BCUT2D eigenvalue weighted by Crippen LogP contribution is -2.50. The van der Waals surface area contributed by atoms with Crippen molar-refractivity contribution in [2.45, 2.75) is 44.0 Å². The number of rotatable bonds is 2. The van der Waals surface area contributed by atoms with E-state index in [1.807, 2.05) is 30.3 Å². The first kappa shape index (κ1) is 15.2. The van der Waals surface area contributed by atoms with Gasteiger partial charge in [-0.1, -0.05) is 36.8 Å². The molecule has 22 heavy (non-hydrogen) atoms. The Hall–Kier alpha value is -1.72. The van der Waals surface area contributed by atoms with Gasteiger partial charge in [0.05, 0.1) is 12.5 Å². The molecular weight excluding hydrogens is 295 g/mol. The van der Waals surface area contributed by atoms with Gasteiger partial charge in [0.15, 0.2) is 0 Å². The molecule has 0 bridgehead atoms. The van der Waals surface area contributed by atoms with E-state index in [1.54, 1.807) is 0 Å². The lowest BCUT2D eigenvalue weighted by Gasteiger charge is -2.39. The number of ether oxygens (including phenoxy) is 1. The van der Waals surface area contributed by atoms with Crippen molar-refractivity contribution in [3.05, 3.63) is 35.9 Å². The van der Waals surface area contributed by atoms with Gasteiger partial charge in [0.25, 0.3) is 0 Å². The van der Waals surface area contributed by atoms with Crippen LogP contribution in [0.15, 0.2) is 30.3 Å². The molecule has 1 aromatic carbocycles. The predicted octanol–water partition coefficient (Wildman–Crippen LogP) is 4.13. The van der Waals surface area contributed by atoms with Gasteiger partial charge in [0.1, 0.15) is 5.60 Å². The van der Waals surface area contributed by atoms with E-state index in [2.05, 4.69) is 0 Å². The van der Waals surface area contributed by atoms with Crippen molar-refractivity contribution in [1.29, 1.82) is 0 Å². The Morgan fingerprint density at radius 1 is 1.23 bits per heavy atom. The molecule has 3 nitrogen and oxygen atoms in total. The molecule has 1 heterocycles. The molecule has 1 aromatic rings. The fraction of sp³-hybridized carbons (Fsp3) is 0.562. The number of carbonyl (C=O) groups is 1. The van der Waals surface area contributed by atoms with Gasteiger partial charge in [-0.2, -0.15) is 13.2 Å². The van der Waals surface area contributed by atoms with Gasteiger partial charge in [0.2, 0.25) is 0 Å². The number of hydrogen-bond donors (Lipinski definition) is 0. The van der Waals surface area contributed by atoms with E-state index in [0.29, 0.717) is 12.8 Å². The summed E-state index contributed by atoms with van der Waals surface area (Å²) in [5.41, 5.74) is -0.515. The zero-order chi connectivity index (χ0) is 15.8. The first-order chi connectivity index (χ1) is 10.4. The molecule has 1 aliphatic carbocycles. The molecule has 0 radical (unpaired) electrons. The quantitative estimate of drug-likeness (QED) is 0.821. The number of amides is 1. The van der Waals surface area contributed by atoms with Crippen molar-refractivity contribution in [3.8, 4) is 0 Å². The first-order valence-corrected chi connectivity index (χ1v) is 7.49. The molecule has 1 aliphatic heterocycles. The van der Waals surface area contributed by atoms with Crippen LogP contribution in [0, 0.1) is 5.92 Å². The summed E-state index contributed by atoms with van der Waals surface area (Å²) in [7, 11) is 0. The van der Waals surface area contributed by atoms with Crippen LogP contribution in [-0.2, 0) is 11.3 Å². The van der Waals surface area contributed by atoms with Crippen LogP contribution in [0.25, 0.3) is 0 Å². The Morgan fingerprint density at radius 3 is 2.64 bits per heavy atom. The zero-order valence-electron chi connectivity index (χ0n) is 12.1. The number of benzene rings is 1. The standard InChI is InChI=1S/C16H18F3NO2/c17-16(18,19)13-8-4-5-9-15(13)11-20(14(21)22-15)10-12-6-2-1-3-7-12/h1-3,6-7,13H,4-5,8-11H2. The van der Waals surface area contributed by atoms with Crippen LogP contribution in [0.5, 0.6) is 0 Å². The van der Waals surface area contributed by atoms with Gasteiger partial charge in [-0.15, -0.1) is 0 Å². The summed E-state index contributed by atoms with van der Waals surface area (Å²) in [6, 6.07) is 9.23. The lowest BCUT2D eigenvalue weighted by molar-refractivity contribution is -0.228. The van der Waals surface area contributed by atoms with Gasteiger partial charge < -0.3 is 4.74 Å². The molecule has 1 saturated heterocycles. The second-order valence-electron chi connectivity index (χ2n) is 6.11. The highest BCUT2D eigenvalue weighted by atomic mass is 19.4. The lowest BCUT2D eigenvalue weighted by atomic mass is 9.75. The molecule has 2 unspecified atom stereocenters. The van der Waals surface area contributed by atoms with E-state index in [9.17, 15) is 18.0 Å². The third kappa shape index (κ3) is 2.78.